The van der Waals surface area contributed by atoms with Gasteiger partial charge in [-0.25, -0.2) is 0 Å². The smallest absolute Gasteiger partial charge is 0.252 e. The molecule has 72 heavy (non-hydrogen) atoms. The summed E-state index contributed by atoms with van der Waals surface area (Å²) in [5.41, 5.74) is 22.3. The number of aryl methyl sites for hydroxylation is 3. The molecule has 8 aromatic carbocycles. The number of benzene rings is 8. The van der Waals surface area contributed by atoms with E-state index in [2.05, 4.69) is 211 Å². The molecule has 0 radical (unpaired) electrons. The van der Waals surface area contributed by atoms with E-state index >= 15 is 0 Å². The number of para-hydroxylation sites is 3. The van der Waals surface area contributed by atoms with Gasteiger partial charge in [-0.05, 0) is 202 Å². The zero-order valence-electron chi connectivity index (χ0n) is 46.6. The third-order valence-electron chi connectivity index (χ3n) is 17.7. The molecule has 0 spiro atoms. The molecule has 2 aliphatic carbocycles. The molecule has 0 unspecified atom stereocenters. The Bertz CT molecular complexity index is 3810. The molecule has 9 aromatic rings. The molecule has 0 saturated heterocycles. The average molecular weight is 943 g/mol. The van der Waals surface area contributed by atoms with Gasteiger partial charge in [-0.15, -0.1) is 0 Å². The van der Waals surface area contributed by atoms with Crippen molar-refractivity contribution in [1.29, 1.82) is 0 Å². The summed E-state index contributed by atoms with van der Waals surface area (Å²) >= 11 is 0. The molecule has 0 bridgehead atoms. The van der Waals surface area contributed by atoms with E-state index in [0.29, 0.717) is 5.56 Å². The van der Waals surface area contributed by atoms with Crippen molar-refractivity contribution in [2.45, 2.75) is 123 Å². The van der Waals surface area contributed by atoms with Gasteiger partial charge in [0.2, 0.25) is 0 Å². The molecule has 0 saturated carbocycles. The van der Waals surface area contributed by atoms with Crippen molar-refractivity contribution in [2.75, 3.05) is 14.7 Å². The summed E-state index contributed by atoms with van der Waals surface area (Å²) in [6.07, 6.45) is 4.38. The Labute approximate surface area is 431 Å². The molecule has 1 aromatic heterocycles. The number of furan rings is 1. The monoisotopic (exact) mass is 943 g/mol. The van der Waals surface area contributed by atoms with Crippen molar-refractivity contribution < 1.29 is 8.53 Å². The van der Waals surface area contributed by atoms with Crippen molar-refractivity contribution in [2.24, 2.45) is 0 Å². The summed E-state index contributed by atoms with van der Waals surface area (Å²) in [5.74, 6) is 0. The standard InChI is InChI=1S/C67H66BN3O/c1-41-34-59-63-60(35-41)71(45-24-27-49-50(37-45)65(6,7)31-30-64(49,4)5)58-40-52-51(66(8,9)32-33-67(52,10)11)39-54(58)68(63)53-28-25-46(69(55-21-15-12-18-42(55)2)56-22-16-13-19-43(56)3)38-57(53)70(59)44-26-29-62-48(36-44)47-20-14-17-23-61(47)72-62/h12-29,34-40H,30-33H2,1-11H3/i1D3. The summed E-state index contributed by atoms with van der Waals surface area (Å²) in [6.45, 7) is 21.0. The van der Waals surface area contributed by atoms with E-state index in [1.165, 1.54) is 33.2 Å². The van der Waals surface area contributed by atoms with Crippen LogP contribution in [0.1, 0.15) is 124 Å². The molecule has 5 heteroatoms. The lowest BCUT2D eigenvalue weighted by Gasteiger charge is -2.48. The fourth-order valence-electron chi connectivity index (χ4n) is 13.3. The Kier molecular flexibility index (Phi) is 8.97. The SMILES string of the molecule is [2H]C([2H])([2H])c1cc2c3c(c1)N(c1ccc4c(c1)C(C)(C)CCC4(C)C)c1cc4c(cc1B3c1ccc(N(c3ccccc3C)c3ccccc3C)cc1N2c1ccc2oc3ccccc3c2c1)C(C)(C)CCC4(C)C. The van der Waals surface area contributed by atoms with Crippen LogP contribution in [0.4, 0.5) is 51.2 Å². The highest BCUT2D eigenvalue weighted by atomic mass is 16.3. The van der Waals surface area contributed by atoms with Crippen molar-refractivity contribution in [3.8, 4) is 0 Å². The number of rotatable bonds is 5. The zero-order valence-corrected chi connectivity index (χ0v) is 43.6. The highest BCUT2D eigenvalue weighted by molar-refractivity contribution is 7.00. The van der Waals surface area contributed by atoms with Crippen LogP contribution in [0, 0.1) is 20.7 Å². The third kappa shape index (κ3) is 6.64. The molecule has 0 N–H and O–H groups in total. The quantitative estimate of drug-likeness (QED) is 0.160. The molecule has 4 aliphatic rings. The summed E-state index contributed by atoms with van der Waals surface area (Å²) < 4.78 is 34.3. The van der Waals surface area contributed by atoms with Gasteiger partial charge in [-0.3, -0.25) is 0 Å². The van der Waals surface area contributed by atoms with E-state index in [9.17, 15) is 4.11 Å². The summed E-state index contributed by atoms with van der Waals surface area (Å²) in [5, 5.41) is 2.05. The second kappa shape index (κ2) is 15.5. The van der Waals surface area contributed by atoms with Gasteiger partial charge in [0.15, 0.2) is 0 Å². The first-order chi connectivity index (χ1) is 35.6. The number of hydrogen-bond donors (Lipinski definition) is 0. The Balaban J connectivity index is 1.16. The predicted octanol–water partition coefficient (Wildman–Crippen LogP) is 16.8. The van der Waals surface area contributed by atoms with Gasteiger partial charge < -0.3 is 19.1 Å². The van der Waals surface area contributed by atoms with Gasteiger partial charge in [0.1, 0.15) is 11.2 Å². The second-order valence-corrected chi connectivity index (χ2v) is 24.2. The van der Waals surface area contributed by atoms with Crippen LogP contribution in [0.15, 0.2) is 156 Å². The van der Waals surface area contributed by atoms with Crippen LogP contribution < -0.4 is 31.1 Å². The Hall–Kier alpha value is -6.98. The molecule has 13 rings (SSSR count). The fraction of sp³-hybridized carbons (Fsp3) is 0.284. The van der Waals surface area contributed by atoms with E-state index in [1.807, 2.05) is 24.3 Å². The topological polar surface area (TPSA) is 22.9 Å². The highest BCUT2D eigenvalue weighted by Gasteiger charge is 2.47. The van der Waals surface area contributed by atoms with Gasteiger partial charge in [0, 0.05) is 66.1 Å². The van der Waals surface area contributed by atoms with Crippen LogP contribution in [-0.4, -0.2) is 6.71 Å². The first-order valence-electron chi connectivity index (χ1n) is 27.7. The molecule has 4 nitrogen and oxygen atoms in total. The van der Waals surface area contributed by atoms with Crippen molar-refractivity contribution in [1.82, 2.24) is 0 Å². The lowest BCUT2D eigenvalue weighted by Crippen LogP contribution is -2.62. The maximum Gasteiger partial charge on any atom is 0.252 e. The van der Waals surface area contributed by atoms with Crippen LogP contribution in [0.25, 0.3) is 21.9 Å². The van der Waals surface area contributed by atoms with Crippen molar-refractivity contribution in [3.05, 3.63) is 191 Å². The first kappa shape index (κ1) is 41.6. The molecular formula is C67H66BN3O. The largest absolute Gasteiger partial charge is 0.456 e. The highest BCUT2D eigenvalue weighted by Crippen LogP contribution is 2.53. The Morgan fingerprint density at radius 1 is 0.472 bits per heavy atom. The van der Waals surface area contributed by atoms with E-state index in [0.717, 1.165) is 115 Å². The van der Waals surface area contributed by atoms with Crippen LogP contribution in [0.3, 0.4) is 0 Å². The lowest BCUT2D eigenvalue weighted by molar-refractivity contribution is 0.332. The van der Waals surface area contributed by atoms with Crippen LogP contribution >= 0.6 is 0 Å². The maximum atomic E-state index is 9.28. The van der Waals surface area contributed by atoms with E-state index in [4.69, 9.17) is 4.42 Å². The molecule has 0 amide bonds. The molecule has 3 heterocycles. The van der Waals surface area contributed by atoms with Gasteiger partial charge in [-0.2, -0.15) is 0 Å². The minimum absolute atomic E-state index is 0.0295. The van der Waals surface area contributed by atoms with Crippen molar-refractivity contribution >= 4 is 96.2 Å². The summed E-state index contributed by atoms with van der Waals surface area (Å²) in [4.78, 5) is 7.22. The van der Waals surface area contributed by atoms with Crippen LogP contribution in [0.5, 0.6) is 0 Å². The molecule has 2 aliphatic heterocycles. The number of anilines is 9. The predicted molar refractivity (Wildman–Crippen MR) is 307 cm³/mol. The normalized spacial score (nSPS) is 18.3. The maximum absolute atomic E-state index is 9.28. The number of fused-ring (bicyclic) bond motifs is 9. The van der Waals surface area contributed by atoms with E-state index < -0.39 is 6.85 Å². The molecular weight excluding hydrogens is 874 g/mol. The van der Waals surface area contributed by atoms with Gasteiger partial charge in [0.25, 0.3) is 6.71 Å². The van der Waals surface area contributed by atoms with Gasteiger partial charge in [-0.1, -0.05) is 128 Å². The lowest BCUT2D eigenvalue weighted by atomic mass is 9.33. The van der Waals surface area contributed by atoms with E-state index in [-0.39, 0.29) is 28.4 Å². The first-order valence-corrected chi connectivity index (χ1v) is 26.2. The second-order valence-electron chi connectivity index (χ2n) is 24.2. The molecule has 358 valence electrons. The van der Waals surface area contributed by atoms with Crippen LogP contribution in [0.2, 0.25) is 0 Å². The minimum Gasteiger partial charge on any atom is -0.456 e. The molecule has 0 fully saturated rings. The van der Waals surface area contributed by atoms with Gasteiger partial charge >= 0.3 is 0 Å². The van der Waals surface area contributed by atoms with Gasteiger partial charge in [0.05, 0.1) is 0 Å². The Morgan fingerprint density at radius 2 is 1.00 bits per heavy atom. The Morgan fingerprint density at radius 3 is 1.64 bits per heavy atom. The summed E-state index contributed by atoms with van der Waals surface area (Å²) in [6, 6.07) is 55.2. The minimum atomic E-state index is -2.41. The zero-order chi connectivity index (χ0) is 52.3. The number of nitrogens with zero attached hydrogens (tertiary/aromatic N) is 3. The van der Waals surface area contributed by atoms with Crippen molar-refractivity contribution in [3.63, 3.8) is 0 Å². The fourth-order valence-corrected chi connectivity index (χ4v) is 13.3. The van der Waals surface area contributed by atoms with Crippen LogP contribution in [-0.2, 0) is 21.7 Å². The number of hydrogen-bond acceptors (Lipinski definition) is 4. The molecule has 0 atom stereocenters. The average Bonchev–Trinajstić information content (AvgIpc) is 3.76. The van der Waals surface area contributed by atoms with E-state index in [1.54, 1.807) is 0 Å². The third-order valence-corrected chi connectivity index (χ3v) is 17.7. The summed E-state index contributed by atoms with van der Waals surface area (Å²) in [7, 11) is 0.